The van der Waals surface area contributed by atoms with Crippen LogP contribution in [0.4, 0.5) is 0 Å². The van der Waals surface area contributed by atoms with Gasteiger partial charge >= 0.3 is 0 Å². The molecule has 0 radical (unpaired) electrons. The van der Waals surface area contributed by atoms with Gasteiger partial charge in [-0.15, -0.1) is 0 Å². The Hall–Kier alpha value is -2.40. The number of benzene rings is 2. The molecule has 1 saturated heterocycles. The number of amides is 2. The number of hydrogen-bond donors (Lipinski definition) is 1. The first-order valence-corrected chi connectivity index (χ1v) is 7.88. The van der Waals surface area contributed by atoms with E-state index >= 15 is 0 Å². The van der Waals surface area contributed by atoms with E-state index in [1.807, 2.05) is 59.2 Å². The van der Waals surface area contributed by atoms with Crippen LogP contribution in [0.5, 0.6) is 0 Å². The molecule has 120 valence electrons. The summed E-state index contributed by atoms with van der Waals surface area (Å²) in [4.78, 5) is 28.0. The van der Waals surface area contributed by atoms with Crippen LogP contribution >= 0.6 is 0 Å². The van der Waals surface area contributed by atoms with Gasteiger partial charge in [0, 0.05) is 31.7 Å². The van der Waals surface area contributed by atoms with Crippen LogP contribution in [-0.2, 0) is 4.79 Å². The van der Waals surface area contributed by atoms with Crippen molar-refractivity contribution in [2.24, 2.45) is 5.73 Å². The fourth-order valence-corrected chi connectivity index (χ4v) is 3.07. The zero-order valence-corrected chi connectivity index (χ0v) is 13.2. The Morgan fingerprint density at radius 1 is 1.00 bits per heavy atom. The average Bonchev–Trinajstić information content (AvgIpc) is 2.60. The number of piperazine rings is 1. The van der Waals surface area contributed by atoms with E-state index in [1.54, 1.807) is 0 Å². The first kappa shape index (κ1) is 15.5. The molecule has 1 atom stereocenters. The molecule has 1 unspecified atom stereocenters. The number of fused-ring (bicyclic) bond motifs is 1. The van der Waals surface area contributed by atoms with Crippen molar-refractivity contribution in [2.75, 3.05) is 26.2 Å². The van der Waals surface area contributed by atoms with Crippen LogP contribution in [0.15, 0.2) is 42.5 Å². The smallest absolute Gasteiger partial charge is 0.254 e. The van der Waals surface area contributed by atoms with Crippen LogP contribution in [0.25, 0.3) is 10.8 Å². The van der Waals surface area contributed by atoms with E-state index in [0.717, 1.165) is 16.3 Å². The molecule has 1 aliphatic heterocycles. The van der Waals surface area contributed by atoms with E-state index in [0.29, 0.717) is 26.2 Å². The minimum atomic E-state index is -0.321. The molecule has 2 N–H and O–H groups in total. The summed E-state index contributed by atoms with van der Waals surface area (Å²) in [6.07, 6.45) is 0. The monoisotopic (exact) mass is 311 g/mol. The summed E-state index contributed by atoms with van der Waals surface area (Å²) in [5.41, 5.74) is 6.09. The van der Waals surface area contributed by atoms with Gasteiger partial charge in [-0.05, 0) is 23.8 Å². The Morgan fingerprint density at radius 2 is 1.65 bits per heavy atom. The summed E-state index contributed by atoms with van der Waals surface area (Å²) in [6, 6.07) is 13.4. The van der Waals surface area contributed by atoms with E-state index in [4.69, 9.17) is 5.73 Å². The number of nitrogens with zero attached hydrogens (tertiary/aromatic N) is 2. The number of rotatable bonds is 3. The van der Waals surface area contributed by atoms with Gasteiger partial charge in [-0.3, -0.25) is 14.5 Å². The normalized spacial score (nSPS) is 17.2. The number of hydrogen-bond acceptors (Lipinski definition) is 3. The number of carbonyl (C=O) groups excluding carboxylic acids is 2. The first-order valence-electron chi connectivity index (χ1n) is 7.88. The van der Waals surface area contributed by atoms with Crippen molar-refractivity contribution >= 4 is 22.6 Å². The van der Waals surface area contributed by atoms with Gasteiger partial charge in [0.2, 0.25) is 5.91 Å². The number of nitrogens with two attached hydrogens (primary N) is 1. The van der Waals surface area contributed by atoms with E-state index < -0.39 is 0 Å². The Kier molecular flexibility index (Phi) is 4.30. The molecule has 23 heavy (non-hydrogen) atoms. The summed E-state index contributed by atoms with van der Waals surface area (Å²) < 4.78 is 0. The predicted molar refractivity (Wildman–Crippen MR) is 90.1 cm³/mol. The lowest BCUT2D eigenvalue weighted by molar-refractivity contribution is -0.123. The van der Waals surface area contributed by atoms with Crippen LogP contribution in [0, 0.1) is 0 Å². The average molecular weight is 311 g/mol. The Labute approximate surface area is 135 Å². The topological polar surface area (TPSA) is 66.6 Å². The van der Waals surface area contributed by atoms with Crippen molar-refractivity contribution in [3.63, 3.8) is 0 Å². The molecule has 3 rings (SSSR count). The Morgan fingerprint density at radius 3 is 2.35 bits per heavy atom. The van der Waals surface area contributed by atoms with E-state index in [9.17, 15) is 9.59 Å². The number of carbonyl (C=O) groups is 2. The van der Waals surface area contributed by atoms with Crippen LogP contribution in [-0.4, -0.2) is 53.8 Å². The summed E-state index contributed by atoms with van der Waals surface area (Å²) in [7, 11) is 0. The summed E-state index contributed by atoms with van der Waals surface area (Å²) >= 11 is 0. The zero-order chi connectivity index (χ0) is 16.4. The molecule has 2 amide bonds. The summed E-state index contributed by atoms with van der Waals surface area (Å²) in [5, 5.41) is 2.05. The molecule has 0 bridgehead atoms. The largest absolute Gasteiger partial charge is 0.368 e. The van der Waals surface area contributed by atoms with Gasteiger partial charge in [0.15, 0.2) is 0 Å². The standard InChI is InChI=1S/C18H21N3O2/c1-13(17(19)22)20-9-11-21(12-10-20)18(23)16-8-4-6-14-5-2-3-7-15(14)16/h2-8,13H,9-12H2,1H3,(H2,19,22). The van der Waals surface area contributed by atoms with Gasteiger partial charge in [0.05, 0.1) is 6.04 Å². The van der Waals surface area contributed by atoms with Crippen molar-refractivity contribution < 1.29 is 9.59 Å². The third kappa shape index (κ3) is 3.05. The lowest BCUT2D eigenvalue weighted by Gasteiger charge is -2.37. The van der Waals surface area contributed by atoms with Gasteiger partial charge in [0.25, 0.3) is 5.91 Å². The second-order valence-electron chi connectivity index (χ2n) is 5.93. The SMILES string of the molecule is CC(C(N)=O)N1CCN(C(=O)c2cccc3ccccc23)CC1. The molecule has 0 spiro atoms. The highest BCUT2D eigenvalue weighted by atomic mass is 16.2. The fraction of sp³-hybridized carbons (Fsp3) is 0.333. The minimum Gasteiger partial charge on any atom is -0.368 e. The van der Waals surface area contributed by atoms with Crippen LogP contribution in [0.2, 0.25) is 0 Å². The highest BCUT2D eigenvalue weighted by Crippen LogP contribution is 2.20. The molecule has 1 aliphatic rings. The van der Waals surface area contributed by atoms with Crippen LogP contribution in [0.3, 0.4) is 0 Å². The van der Waals surface area contributed by atoms with E-state index in [-0.39, 0.29) is 17.9 Å². The van der Waals surface area contributed by atoms with E-state index in [2.05, 4.69) is 0 Å². The molecule has 5 heteroatoms. The summed E-state index contributed by atoms with van der Waals surface area (Å²) in [6.45, 7) is 4.37. The molecular formula is C18H21N3O2. The van der Waals surface area contributed by atoms with Crippen molar-refractivity contribution in [3.05, 3.63) is 48.0 Å². The molecular weight excluding hydrogens is 290 g/mol. The maximum Gasteiger partial charge on any atom is 0.254 e. The maximum atomic E-state index is 12.8. The van der Waals surface area contributed by atoms with Crippen molar-refractivity contribution in [1.82, 2.24) is 9.80 Å². The molecule has 5 nitrogen and oxygen atoms in total. The van der Waals surface area contributed by atoms with Crippen molar-refractivity contribution in [3.8, 4) is 0 Å². The molecule has 1 heterocycles. The molecule has 2 aromatic rings. The predicted octanol–water partition coefficient (Wildman–Crippen LogP) is 1.47. The van der Waals surface area contributed by atoms with Gasteiger partial charge in [0.1, 0.15) is 0 Å². The molecule has 2 aromatic carbocycles. The number of primary amides is 1. The highest BCUT2D eigenvalue weighted by Gasteiger charge is 2.27. The quantitative estimate of drug-likeness (QED) is 0.933. The van der Waals surface area contributed by atoms with Gasteiger partial charge in [-0.25, -0.2) is 0 Å². The fourth-order valence-electron chi connectivity index (χ4n) is 3.07. The summed E-state index contributed by atoms with van der Waals surface area (Å²) in [5.74, 6) is -0.271. The lowest BCUT2D eigenvalue weighted by atomic mass is 10.0. The molecule has 0 aliphatic carbocycles. The molecule has 1 fully saturated rings. The minimum absolute atomic E-state index is 0.0492. The second kappa shape index (κ2) is 6.38. The third-order valence-corrected chi connectivity index (χ3v) is 4.58. The van der Waals surface area contributed by atoms with Crippen LogP contribution in [0.1, 0.15) is 17.3 Å². The second-order valence-corrected chi connectivity index (χ2v) is 5.93. The van der Waals surface area contributed by atoms with Gasteiger partial charge < -0.3 is 10.6 Å². The third-order valence-electron chi connectivity index (χ3n) is 4.58. The zero-order valence-electron chi connectivity index (χ0n) is 13.2. The highest BCUT2D eigenvalue weighted by molar-refractivity contribution is 6.07. The molecule has 0 saturated carbocycles. The van der Waals surface area contributed by atoms with Crippen molar-refractivity contribution in [1.29, 1.82) is 0 Å². The van der Waals surface area contributed by atoms with Gasteiger partial charge in [-0.2, -0.15) is 0 Å². The first-order chi connectivity index (χ1) is 11.1. The Bertz CT molecular complexity index is 731. The lowest BCUT2D eigenvalue weighted by Crippen LogP contribution is -2.54. The van der Waals surface area contributed by atoms with Crippen LogP contribution < -0.4 is 5.73 Å². The molecule has 0 aromatic heterocycles. The van der Waals surface area contributed by atoms with E-state index in [1.165, 1.54) is 0 Å². The maximum absolute atomic E-state index is 12.8. The van der Waals surface area contributed by atoms with Gasteiger partial charge in [-0.1, -0.05) is 36.4 Å². The van der Waals surface area contributed by atoms with Crippen molar-refractivity contribution in [2.45, 2.75) is 13.0 Å². The Balaban J connectivity index is 1.76.